The molecule has 0 saturated heterocycles. The molecule has 3 nitrogen and oxygen atoms in total. The van der Waals surface area contributed by atoms with Crippen LogP contribution >= 0.6 is 0 Å². The van der Waals surface area contributed by atoms with Crippen molar-refractivity contribution in [3.8, 4) is 0 Å². The van der Waals surface area contributed by atoms with Crippen LogP contribution in [0.1, 0.15) is 35.9 Å². The molecule has 3 heteroatoms. The van der Waals surface area contributed by atoms with Gasteiger partial charge < -0.3 is 9.84 Å². The Balaban J connectivity index is 2.44. The van der Waals surface area contributed by atoms with Crippen molar-refractivity contribution in [2.45, 2.75) is 26.1 Å². The average molecular weight is 206 g/mol. The fourth-order valence-corrected chi connectivity index (χ4v) is 1.87. The van der Waals surface area contributed by atoms with Gasteiger partial charge in [0, 0.05) is 0 Å². The first kappa shape index (κ1) is 10.2. The van der Waals surface area contributed by atoms with Crippen molar-refractivity contribution in [3.63, 3.8) is 0 Å². The maximum atomic E-state index is 11.6. The van der Waals surface area contributed by atoms with E-state index in [2.05, 4.69) is 0 Å². The number of esters is 1. The van der Waals surface area contributed by atoms with Crippen molar-refractivity contribution < 1.29 is 14.6 Å². The van der Waals surface area contributed by atoms with Crippen LogP contribution in [0.2, 0.25) is 0 Å². The van der Waals surface area contributed by atoms with E-state index in [9.17, 15) is 9.90 Å². The normalized spacial score (nSPS) is 24.9. The zero-order chi connectivity index (χ0) is 11.0. The average Bonchev–Trinajstić information content (AvgIpc) is 2.23. The van der Waals surface area contributed by atoms with E-state index in [4.69, 9.17) is 4.74 Å². The third-order valence-corrected chi connectivity index (χ3v) is 2.71. The molecule has 0 aromatic heterocycles. The summed E-state index contributed by atoms with van der Waals surface area (Å²) in [4.78, 5) is 11.6. The molecule has 0 spiro atoms. The highest BCUT2D eigenvalue weighted by Crippen LogP contribution is 2.32. The van der Waals surface area contributed by atoms with E-state index in [1.54, 1.807) is 18.2 Å². The zero-order valence-corrected chi connectivity index (χ0v) is 8.81. The van der Waals surface area contributed by atoms with Gasteiger partial charge in [0.1, 0.15) is 12.2 Å². The number of carbonyl (C=O) groups is 1. The minimum atomic E-state index is -0.709. The van der Waals surface area contributed by atoms with Crippen LogP contribution in [-0.4, -0.2) is 17.2 Å². The minimum absolute atomic E-state index is 0.109. The van der Waals surface area contributed by atoms with Gasteiger partial charge in [-0.3, -0.25) is 0 Å². The van der Waals surface area contributed by atoms with Gasteiger partial charge >= 0.3 is 5.97 Å². The van der Waals surface area contributed by atoms with Crippen LogP contribution in [0.5, 0.6) is 0 Å². The smallest absolute Gasteiger partial charge is 0.338 e. The van der Waals surface area contributed by atoms with Gasteiger partial charge in [-0.05, 0) is 17.5 Å². The standard InChI is InChI=1S/C12H14O3/c1-7(2)11-10(13)8-5-3-4-6-9(8)12(14)15-11/h3-7,10-11,13H,1-2H3/t10-,11-/m0/s1. The highest BCUT2D eigenvalue weighted by Gasteiger charge is 2.35. The SMILES string of the molecule is CC(C)[C@@H]1OC(=O)c2ccccc2[C@@H]1O. The number of cyclic esters (lactones) is 1. The Morgan fingerprint density at radius 2 is 2.00 bits per heavy atom. The molecule has 0 fully saturated rings. The molecule has 2 atom stereocenters. The van der Waals surface area contributed by atoms with Crippen LogP contribution in [-0.2, 0) is 4.74 Å². The number of aliphatic hydroxyl groups is 1. The molecule has 15 heavy (non-hydrogen) atoms. The lowest BCUT2D eigenvalue weighted by Crippen LogP contribution is -2.35. The van der Waals surface area contributed by atoms with E-state index >= 15 is 0 Å². The summed E-state index contributed by atoms with van der Waals surface area (Å²) < 4.78 is 5.20. The van der Waals surface area contributed by atoms with Crippen molar-refractivity contribution in [3.05, 3.63) is 35.4 Å². The highest BCUT2D eigenvalue weighted by atomic mass is 16.6. The number of hydrogen-bond donors (Lipinski definition) is 1. The van der Waals surface area contributed by atoms with E-state index in [1.807, 2.05) is 19.9 Å². The molecule has 0 aliphatic carbocycles. The molecule has 1 aromatic rings. The summed E-state index contributed by atoms with van der Waals surface area (Å²) in [6.07, 6.45) is -1.15. The Hall–Kier alpha value is -1.35. The third-order valence-electron chi connectivity index (χ3n) is 2.71. The number of benzene rings is 1. The summed E-state index contributed by atoms with van der Waals surface area (Å²) >= 11 is 0. The lowest BCUT2D eigenvalue weighted by atomic mass is 9.90. The summed E-state index contributed by atoms with van der Waals surface area (Å²) in [5, 5.41) is 10.0. The Morgan fingerprint density at radius 1 is 1.33 bits per heavy atom. The van der Waals surface area contributed by atoms with Crippen LogP contribution in [0, 0.1) is 5.92 Å². The zero-order valence-electron chi connectivity index (χ0n) is 8.81. The Bertz CT molecular complexity index is 384. The summed E-state index contributed by atoms with van der Waals surface area (Å²) in [5.41, 5.74) is 1.15. The maximum Gasteiger partial charge on any atom is 0.338 e. The minimum Gasteiger partial charge on any atom is -0.455 e. The first-order valence-corrected chi connectivity index (χ1v) is 5.09. The second-order valence-corrected chi connectivity index (χ2v) is 4.15. The van der Waals surface area contributed by atoms with E-state index in [1.165, 1.54) is 0 Å². The summed E-state index contributed by atoms with van der Waals surface area (Å²) in [6, 6.07) is 7.04. The number of ether oxygens (including phenoxy) is 1. The van der Waals surface area contributed by atoms with Crippen LogP contribution in [0.25, 0.3) is 0 Å². The Labute approximate surface area is 88.7 Å². The summed E-state index contributed by atoms with van der Waals surface area (Å²) in [6.45, 7) is 3.85. The third kappa shape index (κ3) is 1.63. The van der Waals surface area contributed by atoms with Gasteiger partial charge in [0.2, 0.25) is 0 Å². The van der Waals surface area contributed by atoms with Crippen LogP contribution < -0.4 is 0 Å². The lowest BCUT2D eigenvalue weighted by molar-refractivity contribution is -0.0477. The fourth-order valence-electron chi connectivity index (χ4n) is 1.87. The largest absolute Gasteiger partial charge is 0.455 e. The molecule has 0 bridgehead atoms. The molecule has 1 N–H and O–H groups in total. The van der Waals surface area contributed by atoms with E-state index in [0.29, 0.717) is 11.1 Å². The molecule has 0 unspecified atom stereocenters. The van der Waals surface area contributed by atoms with E-state index in [-0.39, 0.29) is 11.9 Å². The Kier molecular flexibility index (Phi) is 2.49. The van der Waals surface area contributed by atoms with Gasteiger partial charge in [-0.25, -0.2) is 4.79 Å². The molecular formula is C12H14O3. The molecule has 2 rings (SSSR count). The van der Waals surface area contributed by atoms with Crippen molar-refractivity contribution in [1.29, 1.82) is 0 Å². The molecule has 0 radical (unpaired) electrons. The van der Waals surface area contributed by atoms with Gasteiger partial charge in [0.15, 0.2) is 0 Å². The lowest BCUT2D eigenvalue weighted by Gasteiger charge is -2.31. The number of aliphatic hydroxyl groups excluding tert-OH is 1. The van der Waals surface area contributed by atoms with E-state index < -0.39 is 12.2 Å². The second-order valence-electron chi connectivity index (χ2n) is 4.15. The fraction of sp³-hybridized carbons (Fsp3) is 0.417. The summed E-state index contributed by atoms with van der Waals surface area (Å²) in [5.74, 6) is -0.230. The molecule has 0 saturated carbocycles. The van der Waals surface area contributed by atoms with Gasteiger partial charge in [0.25, 0.3) is 0 Å². The van der Waals surface area contributed by atoms with Crippen molar-refractivity contribution in [1.82, 2.24) is 0 Å². The quantitative estimate of drug-likeness (QED) is 0.714. The number of carbonyl (C=O) groups excluding carboxylic acids is 1. The predicted octanol–water partition coefficient (Wildman–Crippen LogP) is 1.91. The van der Waals surface area contributed by atoms with Gasteiger partial charge in [-0.15, -0.1) is 0 Å². The van der Waals surface area contributed by atoms with Crippen LogP contribution in [0.4, 0.5) is 0 Å². The molecule has 1 aliphatic rings. The second kappa shape index (κ2) is 3.66. The van der Waals surface area contributed by atoms with Crippen LogP contribution in [0.15, 0.2) is 24.3 Å². The summed E-state index contributed by atoms with van der Waals surface area (Å²) in [7, 11) is 0. The molecule has 1 heterocycles. The van der Waals surface area contributed by atoms with Gasteiger partial charge in [-0.1, -0.05) is 32.0 Å². The predicted molar refractivity (Wildman–Crippen MR) is 55.4 cm³/mol. The topological polar surface area (TPSA) is 46.5 Å². The van der Waals surface area contributed by atoms with Gasteiger partial charge in [-0.2, -0.15) is 0 Å². The van der Waals surface area contributed by atoms with Crippen LogP contribution in [0.3, 0.4) is 0 Å². The Morgan fingerprint density at radius 3 is 2.67 bits per heavy atom. The molecule has 1 aromatic carbocycles. The van der Waals surface area contributed by atoms with Crippen molar-refractivity contribution in [2.75, 3.05) is 0 Å². The molecule has 80 valence electrons. The van der Waals surface area contributed by atoms with E-state index in [0.717, 1.165) is 0 Å². The molecular weight excluding hydrogens is 192 g/mol. The highest BCUT2D eigenvalue weighted by molar-refractivity contribution is 5.92. The number of hydrogen-bond acceptors (Lipinski definition) is 3. The van der Waals surface area contributed by atoms with Crippen molar-refractivity contribution in [2.24, 2.45) is 5.92 Å². The maximum absolute atomic E-state index is 11.6. The van der Waals surface area contributed by atoms with Crippen molar-refractivity contribution >= 4 is 5.97 Å². The monoisotopic (exact) mass is 206 g/mol. The van der Waals surface area contributed by atoms with Gasteiger partial charge in [0.05, 0.1) is 5.56 Å². The first-order chi connectivity index (χ1) is 7.11. The number of rotatable bonds is 1. The molecule has 1 aliphatic heterocycles. The first-order valence-electron chi connectivity index (χ1n) is 5.09. The molecule has 0 amide bonds. The number of fused-ring (bicyclic) bond motifs is 1.